The molecular weight excluding hydrogens is 131 g/mol. The van der Waals surface area contributed by atoms with Crippen molar-refractivity contribution in [2.45, 2.75) is 0 Å². The van der Waals surface area contributed by atoms with Crippen LogP contribution < -0.4 is 0 Å². The molecule has 1 rings (SSSR count). The van der Waals surface area contributed by atoms with Crippen LogP contribution in [-0.2, 0) is 0 Å². The fraction of sp³-hybridized carbons (Fsp3) is 0.143. The Hall–Kier alpha value is -1.25. The first-order chi connectivity index (χ1) is 4.74. The number of nitrogens with zero attached hydrogens (tertiary/aromatic N) is 1. The Morgan fingerprint density at radius 3 is 2.70 bits per heavy atom. The lowest BCUT2D eigenvalue weighted by Gasteiger charge is -2.01. The van der Waals surface area contributed by atoms with Gasteiger partial charge in [0.05, 0.1) is 11.4 Å². The van der Waals surface area contributed by atoms with Crippen molar-refractivity contribution < 1.29 is 4.39 Å². The summed E-state index contributed by atoms with van der Waals surface area (Å²) < 4.78 is 12.4. The minimum absolute atomic E-state index is 0.254. The van der Waals surface area contributed by atoms with Crippen LogP contribution in [-0.4, -0.2) is 18.5 Å². The highest BCUT2D eigenvalue weighted by Crippen LogP contribution is 2.05. The molecule has 0 aliphatic heterocycles. The lowest BCUT2D eigenvalue weighted by molar-refractivity contribution is 0.668. The van der Waals surface area contributed by atoms with Crippen molar-refractivity contribution in [3.63, 3.8) is 0 Å². The van der Waals surface area contributed by atoms with Crippen LogP contribution >= 0.6 is 0 Å². The number of rotatable bonds is 0. The summed E-state index contributed by atoms with van der Waals surface area (Å²) in [7, 11) is 1.53. The van der Waals surface area contributed by atoms with Crippen LogP contribution in [0.4, 0.5) is 4.39 Å². The molecule has 0 spiro atoms. The average Bonchev–Trinajstić information content (AvgIpc) is 1.94. The normalized spacial score (nSPS) is 21.6. The zero-order valence-corrected chi connectivity index (χ0v) is 5.56. The Labute approximate surface area is 58.3 Å². The summed E-state index contributed by atoms with van der Waals surface area (Å²) in [5.41, 5.74) is 0.643. The highest BCUT2D eigenvalue weighted by molar-refractivity contribution is 6.50. The molecule has 0 fully saturated rings. The van der Waals surface area contributed by atoms with Gasteiger partial charge in [-0.05, 0) is 12.2 Å². The number of nitrogens with one attached hydrogen (secondary N) is 1. The van der Waals surface area contributed by atoms with E-state index in [-0.39, 0.29) is 11.5 Å². The van der Waals surface area contributed by atoms with E-state index in [2.05, 4.69) is 4.99 Å². The smallest absolute Gasteiger partial charge is 0.125 e. The van der Waals surface area contributed by atoms with E-state index in [0.717, 1.165) is 0 Å². The Kier molecular flexibility index (Phi) is 1.76. The number of aliphatic imine (C=N–C) groups is 1. The standard InChI is InChI=1S/C7H7FN2/c1-10-7-4-5(8)2-3-6(7)9/h2-4,9H,1H3. The van der Waals surface area contributed by atoms with Crippen LogP contribution in [0.25, 0.3) is 0 Å². The van der Waals surface area contributed by atoms with Crippen LogP contribution in [0.5, 0.6) is 0 Å². The van der Waals surface area contributed by atoms with E-state index in [4.69, 9.17) is 5.41 Å². The highest BCUT2D eigenvalue weighted by Gasteiger charge is 2.05. The first kappa shape index (κ1) is 6.86. The van der Waals surface area contributed by atoms with Gasteiger partial charge in [0, 0.05) is 13.1 Å². The maximum absolute atomic E-state index is 12.4. The van der Waals surface area contributed by atoms with Gasteiger partial charge in [-0.3, -0.25) is 10.4 Å². The largest absolute Gasteiger partial charge is 0.299 e. The molecule has 2 nitrogen and oxygen atoms in total. The molecule has 0 bridgehead atoms. The van der Waals surface area contributed by atoms with Gasteiger partial charge in [0.1, 0.15) is 5.83 Å². The summed E-state index contributed by atoms with van der Waals surface area (Å²) in [6.45, 7) is 0. The van der Waals surface area contributed by atoms with Gasteiger partial charge in [-0.15, -0.1) is 0 Å². The molecule has 0 saturated heterocycles. The van der Waals surface area contributed by atoms with Gasteiger partial charge in [0.15, 0.2) is 0 Å². The highest BCUT2D eigenvalue weighted by atomic mass is 19.1. The topological polar surface area (TPSA) is 36.2 Å². The van der Waals surface area contributed by atoms with E-state index in [0.29, 0.717) is 5.71 Å². The third-order valence-corrected chi connectivity index (χ3v) is 1.20. The van der Waals surface area contributed by atoms with Gasteiger partial charge in [0.25, 0.3) is 0 Å². The maximum Gasteiger partial charge on any atom is 0.125 e. The summed E-state index contributed by atoms with van der Waals surface area (Å²) in [5, 5.41) is 7.21. The molecule has 0 saturated carbocycles. The Morgan fingerprint density at radius 1 is 1.50 bits per heavy atom. The molecule has 0 radical (unpaired) electrons. The van der Waals surface area contributed by atoms with Gasteiger partial charge in [0.2, 0.25) is 0 Å². The van der Waals surface area contributed by atoms with E-state index in [1.165, 1.54) is 25.3 Å². The number of allylic oxidation sites excluding steroid dienone is 4. The van der Waals surface area contributed by atoms with E-state index >= 15 is 0 Å². The fourth-order valence-corrected chi connectivity index (χ4v) is 0.690. The molecule has 1 aliphatic carbocycles. The molecule has 0 aromatic heterocycles. The van der Waals surface area contributed by atoms with Crippen molar-refractivity contribution in [3.05, 3.63) is 24.1 Å². The lowest BCUT2D eigenvalue weighted by Crippen LogP contribution is -2.10. The van der Waals surface area contributed by atoms with Crippen LogP contribution in [0.2, 0.25) is 0 Å². The van der Waals surface area contributed by atoms with Crippen molar-refractivity contribution in [1.29, 1.82) is 5.41 Å². The van der Waals surface area contributed by atoms with Crippen LogP contribution in [0.3, 0.4) is 0 Å². The van der Waals surface area contributed by atoms with E-state index in [9.17, 15) is 4.39 Å². The first-order valence-corrected chi connectivity index (χ1v) is 2.85. The molecule has 1 aliphatic rings. The summed E-state index contributed by atoms with van der Waals surface area (Å²) in [6.07, 6.45) is 3.87. The summed E-state index contributed by atoms with van der Waals surface area (Å²) >= 11 is 0. The average molecular weight is 138 g/mol. The predicted octanol–water partition coefficient (Wildman–Crippen LogP) is 1.50. The molecule has 1 N–H and O–H groups in total. The fourth-order valence-electron chi connectivity index (χ4n) is 0.690. The van der Waals surface area contributed by atoms with E-state index in [1.54, 1.807) is 0 Å². The second-order valence-electron chi connectivity index (χ2n) is 1.89. The van der Waals surface area contributed by atoms with Crippen LogP contribution in [0.15, 0.2) is 29.0 Å². The van der Waals surface area contributed by atoms with Crippen molar-refractivity contribution in [2.24, 2.45) is 4.99 Å². The molecule has 0 atom stereocenters. The van der Waals surface area contributed by atoms with Gasteiger partial charge in [-0.25, -0.2) is 4.39 Å². The SMILES string of the molecule is CN=C1C=C(F)C=CC1=N. The molecule has 10 heavy (non-hydrogen) atoms. The van der Waals surface area contributed by atoms with Crippen molar-refractivity contribution in [1.82, 2.24) is 0 Å². The second kappa shape index (κ2) is 2.56. The van der Waals surface area contributed by atoms with E-state index in [1.807, 2.05) is 0 Å². The van der Waals surface area contributed by atoms with Gasteiger partial charge >= 0.3 is 0 Å². The van der Waals surface area contributed by atoms with Crippen molar-refractivity contribution >= 4 is 11.4 Å². The van der Waals surface area contributed by atoms with Gasteiger partial charge in [-0.1, -0.05) is 0 Å². The maximum atomic E-state index is 12.4. The number of halogens is 1. The van der Waals surface area contributed by atoms with Crippen LogP contribution in [0.1, 0.15) is 0 Å². The Morgan fingerprint density at radius 2 is 2.20 bits per heavy atom. The molecular formula is C7H7FN2. The van der Waals surface area contributed by atoms with Crippen LogP contribution in [0, 0.1) is 5.41 Å². The Bertz CT molecular complexity index is 248. The Balaban J connectivity index is 2.99. The second-order valence-corrected chi connectivity index (χ2v) is 1.89. The predicted molar refractivity (Wildman–Crippen MR) is 39.4 cm³/mol. The van der Waals surface area contributed by atoms with Crippen molar-refractivity contribution in [3.8, 4) is 0 Å². The minimum atomic E-state index is -0.350. The third-order valence-electron chi connectivity index (χ3n) is 1.20. The van der Waals surface area contributed by atoms with Gasteiger partial charge < -0.3 is 0 Å². The van der Waals surface area contributed by atoms with Crippen molar-refractivity contribution in [2.75, 3.05) is 7.05 Å². The lowest BCUT2D eigenvalue weighted by atomic mass is 10.1. The first-order valence-electron chi connectivity index (χ1n) is 2.85. The number of hydrogen-bond acceptors (Lipinski definition) is 2. The molecule has 0 aromatic carbocycles. The summed E-state index contributed by atoms with van der Waals surface area (Å²) in [6, 6.07) is 0. The molecule has 0 heterocycles. The quantitative estimate of drug-likeness (QED) is 0.492. The number of hydrogen-bond donors (Lipinski definition) is 1. The monoisotopic (exact) mass is 138 g/mol. The molecule has 3 heteroatoms. The molecule has 0 aromatic rings. The molecule has 52 valence electrons. The summed E-state index contributed by atoms with van der Waals surface area (Å²) in [4.78, 5) is 3.70. The molecule has 0 amide bonds. The minimum Gasteiger partial charge on any atom is -0.299 e. The third kappa shape index (κ3) is 1.18. The van der Waals surface area contributed by atoms with Gasteiger partial charge in [-0.2, -0.15) is 0 Å². The molecule has 0 unspecified atom stereocenters. The zero-order chi connectivity index (χ0) is 7.56. The summed E-state index contributed by atoms with van der Waals surface area (Å²) in [5.74, 6) is -0.350. The zero-order valence-electron chi connectivity index (χ0n) is 5.56. The van der Waals surface area contributed by atoms with E-state index < -0.39 is 0 Å².